The van der Waals surface area contributed by atoms with Crippen molar-refractivity contribution in [3.63, 3.8) is 0 Å². The molecule has 2 N–H and O–H groups in total. The molecule has 0 aromatic heterocycles. The number of carbonyl (C=O) groups is 2. The molecule has 2 atom stereocenters. The Labute approximate surface area is 132 Å². The molecule has 1 aromatic carbocycles. The molecule has 0 heterocycles. The van der Waals surface area contributed by atoms with Crippen LogP contribution in [0.1, 0.15) is 44.4 Å². The smallest absolute Gasteiger partial charge is 0.317 e. The summed E-state index contributed by atoms with van der Waals surface area (Å²) in [6.45, 7) is 8.12. The summed E-state index contributed by atoms with van der Waals surface area (Å²) in [4.78, 5) is 25.0. The second-order valence-corrected chi connectivity index (χ2v) is 5.63. The number of amides is 1. The van der Waals surface area contributed by atoms with Crippen molar-refractivity contribution in [2.24, 2.45) is 0 Å². The van der Waals surface area contributed by atoms with Crippen LogP contribution in [0.2, 0.25) is 0 Å². The van der Waals surface area contributed by atoms with E-state index in [1.54, 1.807) is 11.8 Å². The van der Waals surface area contributed by atoms with Crippen LogP contribution in [-0.2, 0) is 9.59 Å². The van der Waals surface area contributed by atoms with Gasteiger partial charge in [0.05, 0.1) is 18.6 Å². The minimum Gasteiger partial charge on any atom is -0.480 e. The highest BCUT2D eigenvalue weighted by molar-refractivity contribution is 5.82. The van der Waals surface area contributed by atoms with Crippen molar-refractivity contribution in [3.8, 4) is 0 Å². The molecule has 5 nitrogen and oxygen atoms in total. The third kappa shape index (κ3) is 5.15. The molecule has 1 rings (SSSR count). The average molecular weight is 306 g/mol. The van der Waals surface area contributed by atoms with Gasteiger partial charge in [-0.25, -0.2) is 0 Å². The zero-order valence-electron chi connectivity index (χ0n) is 13.8. The first-order valence-corrected chi connectivity index (χ1v) is 7.68. The minimum atomic E-state index is -0.917. The molecule has 5 heteroatoms. The molecule has 122 valence electrons. The van der Waals surface area contributed by atoms with Crippen molar-refractivity contribution in [2.75, 3.05) is 13.1 Å². The lowest BCUT2D eigenvalue weighted by molar-refractivity contribution is -0.139. The fourth-order valence-corrected chi connectivity index (χ4v) is 2.52. The molecule has 0 radical (unpaired) electrons. The number of carboxylic acids is 1. The second-order valence-electron chi connectivity index (χ2n) is 5.63. The number of hydrogen-bond donors (Lipinski definition) is 2. The quantitative estimate of drug-likeness (QED) is 0.773. The highest BCUT2D eigenvalue weighted by atomic mass is 16.4. The molecule has 22 heavy (non-hydrogen) atoms. The molecule has 1 aromatic rings. The Bertz CT molecular complexity index is 516. The number of hydrogen-bond acceptors (Lipinski definition) is 3. The number of benzene rings is 1. The molecule has 0 bridgehead atoms. The van der Waals surface area contributed by atoms with Gasteiger partial charge in [-0.1, -0.05) is 31.2 Å². The number of nitrogens with zero attached hydrogens (tertiary/aromatic N) is 1. The van der Waals surface area contributed by atoms with Crippen molar-refractivity contribution in [2.45, 2.75) is 46.2 Å². The van der Waals surface area contributed by atoms with Gasteiger partial charge in [0, 0.05) is 0 Å². The Morgan fingerprint density at radius 3 is 2.45 bits per heavy atom. The molecule has 2 unspecified atom stereocenters. The summed E-state index contributed by atoms with van der Waals surface area (Å²) in [6.07, 6.45) is 0.804. The molecule has 0 spiro atoms. The average Bonchev–Trinajstić information content (AvgIpc) is 2.45. The highest BCUT2D eigenvalue weighted by Crippen LogP contribution is 2.17. The van der Waals surface area contributed by atoms with Crippen LogP contribution in [0.4, 0.5) is 0 Å². The Kier molecular flexibility index (Phi) is 7.05. The fraction of sp³-hybridized carbons (Fsp3) is 0.529. The van der Waals surface area contributed by atoms with Gasteiger partial charge in [0.25, 0.3) is 0 Å². The van der Waals surface area contributed by atoms with Gasteiger partial charge in [-0.2, -0.15) is 0 Å². The van der Waals surface area contributed by atoms with E-state index in [0.29, 0.717) is 6.54 Å². The van der Waals surface area contributed by atoms with E-state index in [-0.39, 0.29) is 18.5 Å². The van der Waals surface area contributed by atoms with Gasteiger partial charge in [0.15, 0.2) is 0 Å². The molecule has 0 saturated carbocycles. The molecule has 0 aliphatic heterocycles. The molecular weight excluding hydrogens is 280 g/mol. The zero-order chi connectivity index (χ0) is 16.7. The monoisotopic (exact) mass is 306 g/mol. The second kappa shape index (κ2) is 8.54. The van der Waals surface area contributed by atoms with Crippen molar-refractivity contribution in [1.29, 1.82) is 0 Å². The predicted octanol–water partition coefficient (Wildman–Crippen LogP) is 2.36. The van der Waals surface area contributed by atoms with Crippen molar-refractivity contribution in [3.05, 3.63) is 35.4 Å². The van der Waals surface area contributed by atoms with Gasteiger partial charge in [-0.05, 0) is 44.9 Å². The van der Waals surface area contributed by atoms with Crippen LogP contribution in [0.5, 0.6) is 0 Å². The SMILES string of the molecule is CCCN(CC(=O)O)C(C)C(=O)NC(C)c1ccccc1C. The minimum absolute atomic E-state index is 0.107. The first-order valence-electron chi connectivity index (χ1n) is 7.68. The van der Waals surface area contributed by atoms with Crippen LogP contribution in [-0.4, -0.2) is 41.0 Å². The molecule has 1 amide bonds. The third-order valence-electron chi connectivity index (χ3n) is 3.79. The summed E-state index contributed by atoms with van der Waals surface area (Å²) in [7, 11) is 0. The molecule has 0 fully saturated rings. The summed E-state index contributed by atoms with van der Waals surface area (Å²) in [6, 6.07) is 7.34. The lowest BCUT2D eigenvalue weighted by Gasteiger charge is -2.27. The number of rotatable bonds is 8. The normalized spacial score (nSPS) is 13.7. The van der Waals surface area contributed by atoms with Gasteiger partial charge in [0.2, 0.25) is 5.91 Å². The van der Waals surface area contributed by atoms with Crippen LogP contribution in [0, 0.1) is 6.92 Å². The number of nitrogens with one attached hydrogen (secondary N) is 1. The van der Waals surface area contributed by atoms with E-state index in [2.05, 4.69) is 5.32 Å². The first kappa shape index (κ1) is 18.2. The lowest BCUT2D eigenvalue weighted by atomic mass is 10.0. The van der Waals surface area contributed by atoms with E-state index >= 15 is 0 Å². The van der Waals surface area contributed by atoms with E-state index in [9.17, 15) is 9.59 Å². The lowest BCUT2D eigenvalue weighted by Crippen LogP contribution is -2.47. The highest BCUT2D eigenvalue weighted by Gasteiger charge is 2.24. The van der Waals surface area contributed by atoms with E-state index in [1.165, 1.54) is 0 Å². The van der Waals surface area contributed by atoms with E-state index in [1.807, 2.05) is 45.0 Å². The molecule has 0 aliphatic carbocycles. The van der Waals surface area contributed by atoms with Gasteiger partial charge in [-0.15, -0.1) is 0 Å². The maximum Gasteiger partial charge on any atom is 0.317 e. The van der Waals surface area contributed by atoms with Gasteiger partial charge in [0.1, 0.15) is 0 Å². The molecule has 0 saturated heterocycles. The number of aliphatic carboxylic acids is 1. The largest absolute Gasteiger partial charge is 0.480 e. The topological polar surface area (TPSA) is 69.6 Å². The Morgan fingerprint density at radius 1 is 1.27 bits per heavy atom. The van der Waals surface area contributed by atoms with Gasteiger partial charge in [-0.3, -0.25) is 14.5 Å². The Morgan fingerprint density at radius 2 is 1.91 bits per heavy atom. The molecule has 0 aliphatic rings. The molecular formula is C17H26N2O3. The Hall–Kier alpha value is -1.88. The first-order chi connectivity index (χ1) is 10.4. The standard InChI is InChI=1S/C17H26N2O3/c1-5-10-19(11-16(20)21)14(4)17(22)18-13(3)15-9-7-6-8-12(15)2/h6-9,13-14H,5,10-11H2,1-4H3,(H,18,22)(H,20,21). The van der Waals surface area contributed by atoms with E-state index in [0.717, 1.165) is 17.5 Å². The maximum absolute atomic E-state index is 12.4. The van der Waals surface area contributed by atoms with Crippen molar-refractivity contribution >= 4 is 11.9 Å². The summed E-state index contributed by atoms with van der Waals surface area (Å²) in [5.41, 5.74) is 2.20. The summed E-state index contributed by atoms with van der Waals surface area (Å²) in [5.74, 6) is -1.06. The number of carboxylic acid groups (broad SMARTS) is 1. The number of aryl methyl sites for hydroxylation is 1. The van der Waals surface area contributed by atoms with Crippen LogP contribution < -0.4 is 5.32 Å². The van der Waals surface area contributed by atoms with Crippen molar-refractivity contribution < 1.29 is 14.7 Å². The summed E-state index contributed by atoms with van der Waals surface area (Å²) >= 11 is 0. The zero-order valence-corrected chi connectivity index (χ0v) is 13.8. The van der Waals surface area contributed by atoms with E-state index in [4.69, 9.17) is 5.11 Å². The van der Waals surface area contributed by atoms with Crippen LogP contribution >= 0.6 is 0 Å². The fourth-order valence-electron chi connectivity index (χ4n) is 2.52. The maximum atomic E-state index is 12.4. The predicted molar refractivity (Wildman–Crippen MR) is 86.7 cm³/mol. The summed E-state index contributed by atoms with van der Waals surface area (Å²) < 4.78 is 0. The third-order valence-corrected chi connectivity index (χ3v) is 3.79. The number of carbonyl (C=O) groups excluding carboxylic acids is 1. The van der Waals surface area contributed by atoms with Crippen LogP contribution in [0.25, 0.3) is 0 Å². The van der Waals surface area contributed by atoms with Crippen LogP contribution in [0.15, 0.2) is 24.3 Å². The van der Waals surface area contributed by atoms with E-state index < -0.39 is 12.0 Å². The van der Waals surface area contributed by atoms with Crippen LogP contribution in [0.3, 0.4) is 0 Å². The van der Waals surface area contributed by atoms with Gasteiger partial charge < -0.3 is 10.4 Å². The van der Waals surface area contributed by atoms with Gasteiger partial charge >= 0.3 is 5.97 Å². The van der Waals surface area contributed by atoms with Crippen molar-refractivity contribution in [1.82, 2.24) is 10.2 Å². The summed E-state index contributed by atoms with van der Waals surface area (Å²) in [5, 5.41) is 11.9. The Balaban J connectivity index is 2.73.